The predicted molar refractivity (Wildman–Crippen MR) is 271 cm³/mol. The van der Waals surface area contributed by atoms with Crippen molar-refractivity contribution in [2.24, 2.45) is 0 Å². The van der Waals surface area contributed by atoms with Crippen molar-refractivity contribution >= 4 is 58.3 Å². The number of nitrogens with two attached hydrogens (primary N) is 2. The zero-order valence-corrected chi connectivity index (χ0v) is 42.8. The molecule has 0 radical (unpaired) electrons. The van der Waals surface area contributed by atoms with Crippen LogP contribution in [0.1, 0.15) is 46.4 Å². The molecule has 0 spiro atoms. The van der Waals surface area contributed by atoms with E-state index in [2.05, 4.69) is 20.4 Å². The van der Waals surface area contributed by atoms with Crippen LogP contribution in [0.25, 0.3) is 0 Å². The van der Waals surface area contributed by atoms with Crippen molar-refractivity contribution in [3.05, 3.63) is 106 Å². The van der Waals surface area contributed by atoms with Gasteiger partial charge in [-0.05, 0) is 86.3 Å². The third-order valence-corrected chi connectivity index (χ3v) is 12.5. The number of ether oxygens (including phenoxy) is 6. The highest BCUT2D eigenvalue weighted by atomic mass is 35.5. The molecule has 2 amide bonds. The van der Waals surface area contributed by atoms with E-state index < -0.39 is 24.1 Å². The molecule has 406 valence electrons. The minimum Gasteiger partial charge on any atom is -0.496 e. The van der Waals surface area contributed by atoms with Gasteiger partial charge in [-0.15, -0.1) is 0 Å². The summed E-state index contributed by atoms with van der Waals surface area (Å²) in [7, 11) is 6.25. The van der Waals surface area contributed by atoms with E-state index in [1.807, 2.05) is 0 Å². The van der Waals surface area contributed by atoms with Gasteiger partial charge in [-0.1, -0.05) is 23.2 Å². The van der Waals surface area contributed by atoms with E-state index in [9.17, 15) is 28.0 Å². The Morgan fingerprint density at radius 2 is 0.986 bits per heavy atom. The minimum atomic E-state index is -2.27. The summed E-state index contributed by atoms with van der Waals surface area (Å²) in [6.45, 7) is 5.78. The molecule has 6 rings (SSSR count). The van der Waals surface area contributed by atoms with Gasteiger partial charge in [0.2, 0.25) is 0 Å². The third-order valence-electron chi connectivity index (χ3n) is 11.9. The molecule has 74 heavy (non-hydrogen) atoms. The molecule has 0 saturated carbocycles. The molecule has 20 nitrogen and oxygen atoms in total. The highest BCUT2D eigenvalue weighted by molar-refractivity contribution is 6.34. The monoisotopic (exact) mass is 1080 g/mol. The van der Waals surface area contributed by atoms with Crippen LogP contribution in [0.5, 0.6) is 23.0 Å². The third kappa shape index (κ3) is 18.6. The number of aliphatic hydroxyl groups is 2. The lowest BCUT2D eigenvalue weighted by Gasteiger charge is -2.38. The van der Waals surface area contributed by atoms with Gasteiger partial charge in [0, 0.05) is 65.6 Å². The number of nitrogens with zero attached hydrogens (tertiary/aromatic N) is 2. The van der Waals surface area contributed by atoms with Crippen LogP contribution in [0.15, 0.2) is 72.8 Å². The van der Waals surface area contributed by atoms with Crippen molar-refractivity contribution in [2.75, 3.05) is 92.4 Å². The standard InChI is InChI=1S/2C23H29ClFN3O4.C4H6O6/c2*1-30-21-13-19(26)18(24)12-17(21)23(29)27-20-8-10-28(14-22(20)31-2)9-3-11-32-16-6-4-15(25)5-7-16;5-1(3(7)8)2(6)4(9)10/h2*4-7,12-13,20,22H,3,8-11,14,26H2,1-2H3,(H,27,29);1-2,5-6H,(H,7,8)(H,9,10). The smallest absolute Gasteiger partial charge is 0.335 e. The molecule has 2 fully saturated rings. The number of carbonyl (C=O) groups excluding carboxylic acids is 2. The van der Waals surface area contributed by atoms with E-state index in [1.54, 1.807) is 50.6 Å². The lowest BCUT2D eigenvalue weighted by atomic mass is 10.0. The molecule has 24 heteroatoms. The molecule has 4 aromatic rings. The Labute approximate surface area is 437 Å². The van der Waals surface area contributed by atoms with E-state index in [0.29, 0.717) is 81.8 Å². The second kappa shape index (κ2) is 30.2. The number of halogens is 4. The fourth-order valence-electron chi connectivity index (χ4n) is 7.79. The summed E-state index contributed by atoms with van der Waals surface area (Å²) in [5.74, 6) is -2.61. The first-order chi connectivity index (χ1) is 35.3. The van der Waals surface area contributed by atoms with Crippen LogP contribution in [0.3, 0.4) is 0 Å². The molecule has 2 aliphatic rings. The van der Waals surface area contributed by atoms with E-state index in [1.165, 1.54) is 50.6 Å². The number of nitrogen functional groups attached to an aromatic ring is 2. The van der Waals surface area contributed by atoms with E-state index in [4.69, 9.17) is 83.5 Å². The largest absolute Gasteiger partial charge is 0.496 e. The Morgan fingerprint density at radius 1 is 0.635 bits per heavy atom. The van der Waals surface area contributed by atoms with Gasteiger partial charge in [-0.25, -0.2) is 18.4 Å². The van der Waals surface area contributed by atoms with Crippen LogP contribution < -0.4 is 41.0 Å². The van der Waals surface area contributed by atoms with Crippen molar-refractivity contribution in [3.63, 3.8) is 0 Å². The van der Waals surface area contributed by atoms with E-state index in [0.717, 1.165) is 51.9 Å². The van der Waals surface area contributed by atoms with Gasteiger partial charge in [-0.2, -0.15) is 0 Å². The van der Waals surface area contributed by atoms with Gasteiger partial charge in [0.1, 0.15) is 34.6 Å². The zero-order chi connectivity index (χ0) is 54.5. The highest BCUT2D eigenvalue weighted by Crippen LogP contribution is 2.31. The number of aliphatic hydroxyl groups excluding tert-OH is 2. The van der Waals surface area contributed by atoms with Gasteiger partial charge in [0.05, 0.1) is 84.3 Å². The number of nitrogens with one attached hydrogen (secondary N) is 2. The maximum Gasteiger partial charge on any atom is 0.335 e. The highest BCUT2D eigenvalue weighted by Gasteiger charge is 2.33. The molecule has 0 aliphatic carbocycles. The summed E-state index contributed by atoms with van der Waals surface area (Å²) in [5.41, 5.74) is 13.0. The second-order valence-electron chi connectivity index (χ2n) is 16.9. The van der Waals surface area contributed by atoms with Crippen molar-refractivity contribution < 1.29 is 76.8 Å². The van der Waals surface area contributed by atoms with Gasteiger partial charge in [-0.3, -0.25) is 9.59 Å². The number of benzene rings is 4. The minimum absolute atomic E-state index is 0.139. The first-order valence-electron chi connectivity index (χ1n) is 23.2. The number of methoxy groups -OCH3 is 4. The number of amides is 2. The van der Waals surface area contributed by atoms with Crippen LogP contribution in [0.2, 0.25) is 10.0 Å². The summed E-state index contributed by atoms with van der Waals surface area (Å²) in [6, 6.07) is 17.8. The first kappa shape index (κ1) is 60.3. The molecule has 2 heterocycles. The Hall–Kier alpha value is -6.24. The van der Waals surface area contributed by atoms with Gasteiger partial charge >= 0.3 is 11.9 Å². The van der Waals surface area contributed by atoms with Crippen LogP contribution >= 0.6 is 23.2 Å². The molecule has 0 bridgehead atoms. The topological polar surface area (TPSA) is 287 Å². The molecule has 6 atom stereocenters. The predicted octanol–water partition coefficient (Wildman–Crippen LogP) is 4.59. The van der Waals surface area contributed by atoms with Gasteiger partial charge < -0.3 is 80.7 Å². The maximum atomic E-state index is 12.9. The Balaban J connectivity index is 0.000000271. The summed E-state index contributed by atoms with van der Waals surface area (Å²) in [6.07, 6.45) is -1.70. The van der Waals surface area contributed by atoms with Crippen LogP contribution in [0, 0.1) is 11.6 Å². The average Bonchev–Trinajstić information content (AvgIpc) is 3.39. The van der Waals surface area contributed by atoms with Crippen LogP contribution in [-0.4, -0.2) is 171 Å². The first-order valence-corrected chi connectivity index (χ1v) is 24.0. The number of hydrogen-bond acceptors (Lipinski definition) is 16. The Bertz CT molecular complexity index is 2280. The quantitative estimate of drug-likeness (QED) is 0.0418. The van der Waals surface area contributed by atoms with Crippen LogP contribution in [0.4, 0.5) is 20.2 Å². The summed E-state index contributed by atoms with van der Waals surface area (Å²) in [4.78, 5) is 49.8. The lowest BCUT2D eigenvalue weighted by molar-refractivity contribution is -0.165. The number of likely N-dealkylation sites (tertiary alicyclic amines) is 2. The SMILES string of the molecule is COc1cc(N)c(Cl)cc1C(=O)NC1CCN(CCCOc2ccc(F)cc2)CC1OC.COc1cc(N)c(Cl)cc1C(=O)NC1CCN(CCCOc2ccc(F)cc2)CC1OC.O=C(O)C(O)C(O)C(=O)O. The number of rotatable bonds is 21. The lowest BCUT2D eigenvalue weighted by Crippen LogP contribution is -2.55. The number of carboxylic acids is 2. The molecule has 6 unspecified atom stereocenters. The maximum absolute atomic E-state index is 12.9. The zero-order valence-electron chi connectivity index (χ0n) is 41.3. The molecular weight excluding hydrogens is 1020 g/mol. The Morgan fingerprint density at radius 3 is 1.30 bits per heavy atom. The average molecular weight is 1080 g/mol. The number of carboxylic acid groups (broad SMARTS) is 2. The van der Waals surface area contributed by atoms with E-state index >= 15 is 0 Å². The number of anilines is 2. The normalized spacial score (nSPS) is 18.5. The fraction of sp³-hybridized carbons (Fsp3) is 0.440. The number of aliphatic carboxylic acids is 2. The fourth-order valence-corrected chi connectivity index (χ4v) is 8.11. The summed E-state index contributed by atoms with van der Waals surface area (Å²) >= 11 is 12.2. The molecule has 2 aliphatic heterocycles. The summed E-state index contributed by atoms with van der Waals surface area (Å²) < 4.78 is 59.1. The molecule has 0 aromatic heterocycles. The molecule has 2 saturated heterocycles. The number of carbonyl (C=O) groups is 4. The second-order valence-corrected chi connectivity index (χ2v) is 17.7. The Kier molecular flexibility index (Phi) is 24.6. The van der Waals surface area contributed by atoms with Crippen molar-refractivity contribution in [2.45, 2.75) is 62.2 Å². The molecule has 10 N–H and O–H groups in total. The summed E-state index contributed by atoms with van der Waals surface area (Å²) in [5, 5.41) is 39.2. The van der Waals surface area contributed by atoms with Gasteiger partial charge in [0.25, 0.3) is 11.8 Å². The van der Waals surface area contributed by atoms with Gasteiger partial charge in [0.15, 0.2) is 12.2 Å². The van der Waals surface area contributed by atoms with Crippen molar-refractivity contribution in [1.82, 2.24) is 20.4 Å². The van der Waals surface area contributed by atoms with Crippen molar-refractivity contribution in [1.29, 1.82) is 0 Å². The van der Waals surface area contributed by atoms with E-state index in [-0.39, 0.29) is 47.7 Å². The number of piperidine rings is 2. The molecular formula is C50H64Cl2F2N6O14. The number of hydrogen-bond donors (Lipinski definition) is 8. The van der Waals surface area contributed by atoms with Crippen molar-refractivity contribution in [3.8, 4) is 23.0 Å². The molecule has 4 aromatic carbocycles. The van der Waals surface area contributed by atoms with Crippen LogP contribution in [-0.2, 0) is 19.1 Å².